The van der Waals surface area contributed by atoms with Crippen LogP contribution in [0.1, 0.15) is 29.8 Å². The van der Waals surface area contributed by atoms with Crippen LogP contribution in [0.3, 0.4) is 0 Å². The number of aromatic nitrogens is 3. The van der Waals surface area contributed by atoms with E-state index in [-0.39, 0.29) is 18.3 Å². The summed E-state index contributed by atoms with van der Waals surface area (Å²) in [6.07, 6.45) is 0.0896. The fourth-order valence-corrected chi connectivity index (χ4v) is 0.878. The Balaban J connectivity index is 2.43. The van der Waals surface area contributed by atoms with Crippen LogP contribution in [-0.2, 0) is 0 Å². The van der Waals surface area contributed by atoms with E-state index in [2.05, 4.69) is 20.5 Å². The molecule has 14 heavy (non-hydrogen) atoms. The van der Waals surface area contributed by atoms with Crippen molar-refractivity contribution in [2.24, 2.45) is 0 Å². The second-order valence-electron chi connectivity index (χ2n) is 3.02. The number of aliphatic hydroxyl groups is 1. The molecule has 6 nitrogen and oxygen atoms in total. The first-order valence-electron chi connectivity index (χ1n) is 4.48. The molecule has 0 radical (unpaired) electrons. The zero-order chi connectivity index (χ0) is 10.6. The molecule has 0 spiro atoms. The van der Waals surface area contributed by atoms with Crippen molar-refractivity contribution in [3.63, 3.8) is 0 Å². The van der Waals surface area contributed by atoms with E-state index >= 15 is 0 Å². The number of H-pyrrole nitrogens is 1. The van der Waals surface area contributed by atoms with Gasteiger partial charge in [-0.3, -0.25) is 9.89 Å². The normalized spacial score (nSPS) is 12.5. The average Bonchev–Trinajstić information content (AvgIpc) is 2.60. The molecule has 1 aromatic heterocycles. The number of carbonyl (C=O) groups excluding carboxylic acids is 1. The lowest BCUT2D eigenvalue weighted by Gasteiger charge is -2.07. The fraction of sp³-hybridized carbons (Fsp3) is 0.625. The van der Waals surface area contributed by atoms with Gasteiger partial charge in [-0.1, -0.05) is 6.92 Å². The number of carbonyl (C=O) groups is 1. The van der Waals surface area contributed by atoms with Gasteiger partial charge >= 0.3 is 0 Å². The second kappa shape index (κ2) is 4.71. The number of aliphatic hydroxyl groups excluding tert-OH is 1. The molecule has 1 amide bonds. The summed E-state index contributed by atoms with van der Waals surface area (Å²) >= 11 is 0. The van der Waals surface area contributed by atoms with Crippen molar-refractivity contribution in [1.29, 1.82) is 0 Å². The summed E-state index contributed by atoms with van der Waals surface area (Å²) in [5.74, 6) is 0.318. The van der Waals surface area contributed by atoms with E-state index in [1.54, 1.807) is 6.92 Å². The minimum Gasteiger partial charge on any atom is -0.391 e. The quantitative estimate of drug-likeness (QED) is 0.614. The molecule has 0 aromatic carbocycles. The summed E-state index contributed by atoms with van der Waals surface area (Å²) in [6.45, 7) is 3.78. The molecule has 1 rings (SSSR count). The molecule has 0 saturated carbocycles. The van der Waals surface area contributed by atoms with Gasteiger partial charge in [0.1, 0.15) is 5.82 Å². The summed E-state index contributed by atoms with van der Waals surface area (Å²) in [6, 6.07) is 0. The van der Waals surface area contributed by atoms with Crippen LogP contribution in [0.4, 0.5) is 0 Å². The standard InChI is InChI=1S/C8H14N4O2/c1-3-6(13)4-9-8(14)7-10-5(2)11-12-7/h6,13H,3-4H2,1-2H3,(H,9,14)(H,10,11,12). The van der Waals surface area contributed by atoms with Gasteiger partial charge in [-0.2, -0.15) is 0 Å². The molecule has 1 aromatic rings. The lowest BCUT2D eigenvalue weighted by molar-refractivity contribution is 0.0904. The van der Waals surface area contributed by atoms with Crippen LogP contribution in [0, 0.1) is 6.92 Å². The summed E-state index contributed by atoms with van der Waals surface area (Å²) in [4.78, 5) is 15.2. The van der Waals surface area contributed by atoms with Crippen molar-refractivity contribution in [2.75, 3.05) is 6.54 Å². The number of amides is 1. The molecule has 0 aliphatic heterocycles. The van der Waals surface area contributed by atoms with Gasteiger partial charge in [0, 0.05) is 6.54 Å². The van der Waals surface area contributed by atoms with E-state index < -0.39 is 6.10 Å². The van der Waals surface area contributed by atoms with Gasteiger partial charge < -0.3 is 10.4 Å². The highest BCUT2D eigenvalue weighted by Crippen LogP contribution is 1.92. The summed E-state index contributed by atoms with van der Waals surface area (Å²) < 4.78 is 0. The number of nitrogens with one attached hydrogen (secondary N) is 2. The van der Waals surface area contributed by atoms with Crippen molar-refractivity contribution < 1.29 is 9.90 Å². The first-order chi connectivity index (χ1) is 6.63. The van der Waals surface area contributed by atoms with E-state index in [1.807, 2.05) is 6.92 Å². The predicted molar refractivity (Wildman–Crippen MR) is 49.8 cm³/mol. The Kier molecular flexibility index (Phi) is 3.58. The van der Waals surface area contributed by atoms with Crippen LogP contribution in [0.25, 0.3) is 0 Å². The number of nitrogens with zero attached hydrogens (tertiary/aromatic N) is 2. The maximum Gasteiger partial charge on any atom is 0.291 e. The molecule has 1 unspecified atom stereocenters. The first kappa shape index (κ1) is 10.6. The van der Waals surface area contributed by atoms with E-state index in [1.165, 1.54) is 0 Å². The smallest absolute Gasteiger partial charge is 0.291 e. The molecule has 3 N–H and O–H groups in total. The van der Waals surface area contributed by atoms with Crippen LogP contribution < -0.4 is 5.32 Å². The third-order valence-corrected chi connectivity index (χ3v) is 1.77. The summed E-state index contributed by atoms with van der Waals surface area (Å²) in [7, 11) is 0. The lowest BCUT2D eigenvalue weighted by Crippen LogP contribution is -2.32. The maximum atomic E-state index is 11.3. The van der Waals surface area contributed by atoms with E-state index in [9.17, 15) is 9.90 Å². The largest absolute Gasteiger partial charge is 0.391 e. The first-order valence-corrected chi connectivity index (χ1v) is 4.48. The SMILES string of the molecule is CCC(O)CNC(=O)c1n[nH]c(C)n1. The second-order valence-corrected chi connectivity index (χ2v) is 3.02. The third kappa shape index (κ3) is 2.81. The highest BCUT2D eigenvalue weighted by Gasteiger charge is 2.11. The van der Waals surface area contributed by atoms with Crippen molar-refractivity contribution >= 4 is 5.91 Å². The zero-order valence-corrected chi connectivity index (χ0v) is 8.24. The van der Waals surface area contributed by atoms with Crippen molar-refractivity contribution in [3.8, 4) is 0 Å². The monoisotopic (exact) mass is 198 g/mol. The van der Waals surface area contributed by atoms with E-state index in [4.69, 9.17) is 0 Å². The highest BCUT2D eigenvalue weighted by atomic mass is 16.3. The number of rotatable bonds is 4. The van der Waals surface area contributed by atoms with E-state index in [0.717, 1.165) is 0 Å². The lowest BCUT2D eigenvalue weighted by atomic mass is 10.3. The minimum atomic E-state index is -0.515. The molecular formula is C8H14N4O2. The molecule has 78 valence electrons. The average molecular weight is 198 g/mol. The molecule has 0 aliphatic rings. The fourth-order valence-electron chi connectivity index (χ4n) is 0.878. The van der Waals surface area contributed by atoms with E-state index in [0.29, 0.717) is 12.2 Å². The highest BCUT2D eigenvalue weighted by molar-refractivity contribution is 5.90. The van der Waals surface area contributed by atoms with Crippen LogP contribution in [0.2, 0.25) is 0 Å². The molecule has 0 saturated heterocycles. The maximum absolute atomic E-state index is 11.3. The van der Waals surface area contributed by atoms with Crippen LogP contribution in [0.15, 0.2) is 0 Å². The van der Waals surface area contributed by atoms with Gasteiger partial charge in [0.2, 0.25) is 5.82 Å². The Morgan fingerprint density at radius 1 is 1.71 bits per heavy atom. The Morgan fingerprint density at radius 2 is 2.43 bits per heavy atom. The molecule has 1 heterocycles. The molecule has 0 bridgehead atoms. The van der Waals surface area contributed by atoms with Crippen LogP contribution in [-0.4, -0.2) is 38.8 Å². The van der Waals surface area contributed by atoms with Gasteiger partial charge in [-0.05, 0) is 13.3 Å². The predicted octanol–water partition coefficient (Wildman–Crippen LogP) is -0.386. The van der Waals surface area contributed by atoms with Gasteiger partial charge in [-0.15, -0.1) is 5.10 Å². The molecular weight excluding hydrogens is 184 g/mol. The van der Waals surface area contributed by atoms with Crippen molar-refractivity contribution in [1.82, 2.24) is 20.5 Å². The summed E-state index contributed by atoms with van der Waals surface area (Å²) in [5, 5.41) is 18.0. The summed E-state index contributed by atoms with van der Waals surface area (Å²) in [5.41, 5.74) is 0. The molecule has 6 heteroatoms. The van der Waals surface area contributed by atoms with Gasteiger partial charge in [-0.25, -0.2) is 4.98 Å². The molecule has 0 aliphatic carbocycles. The Bertz CT molecular complexity index is 310. The minimum absolute atomic E-state index is 0.103. The third-order valence-electron chi connectivity index (χ3n) is 1.77. The van der Waals surface area contributed by atoms with Gasteiger partial charge in [0.25, 0.3) is 5.91 Å². The Hall–Kier alpha value is -1.43. The van der Waals surface area contributed by atoms with Crippen LogP contribution in [0.5, 0.6) is 0 Å². The number of aromatic amines is 1. The van der Waals surface area contributed by atoms with Gasteiger partial charge in [0.15, 0.2) is 0 Å². The zero-order valence-electron chi connectivity index (χ0n) is 8.24. The molecule has 0 fully saturated rings. The van der Waals surface area contributed by atoms with Crippen LogP contribution >= 0.6 is 0 Å². The number of hydrogen-bond acceptors (Lipinski definition) is 4. The van der Waals surface area contributed by atoms with Crippen molar-refractivity contribution in [3.05, 3.63) is 11.6 Å². The Labute approximate surface area is 81.7 Å². The molecule has 1 atom stereocenters. The Morgan fingerprint density at radius 3 is 2.93 bits per heavy atom. The topological polar surface area (TPSA) is 90.9 Å². The number of hydrogen-bond donors (Lipinski definition) is 3. The number of aryl methyl sites for hydroxylation is 1. The van der Waals surface area contributed by atoms with Crippen molar-refractivity contribution in [2.45, 2.75) is 26.4 Å². The van der Waals surface area contributed by atoms with Gasteiger partial charge in [0.05, 0.1) is 6.10 Å².